The largest absolute Gasteiger partial charge is 0.493 e. The van der Waals surface area contributed by atoms with Crippen LogP contribution < -0.4 is 25.3 Å². The summed E-state index contributed by atoms with van der Waals surface area (Å²) in [6.07, 6.45) is 4.10. The molecule has 1 aliphatic heterocycles. The Kier molecular flexibility index (Phi) is 6.82. The highest BCUT2D eigenvalue weighted by Gasteiger charge is 2.18. The number of rotatable bonds is 9. The number of hydrogen-bond donors (Lipinski definition) is 2. The van der Waals surface area contributed by atoms with Gasteiger partial charge in [-0.25, -0.2) is 15.0 Å². The lowest BCUT2D eigenvalue weighted by molar-refractivity contribution is 0.238. The predicted octanol–water partition coefficient (Wildman–Crippen LogP) is 4.57. The quantitative estimate of drug-likeness (QED) is 0.347. The fraction of sp³-hybridized carbons (Fsp3) is 0.320. The van der Waals surface area contributed by atoms with Gasteiger partial charge in [0.15, 0.2) is 16.6 Å². The van der Waals surface area contributed by atoms with Crippen molar-refractivity contribution in [3.63, 3.8) is 0 Å². The number of thiazole rings is 1. The molecule has 2 aromatic heterocycles. The molecule has 182 valence electrons. The highest BCUT2D eigenvalue weighted by Crippen LogP contribution is 2.40. The lowest BCUT2D eigenvalue weighted by Crippen LogP contribution is -2.25. The Balaban J connectivity index is 1.31. The van der Waals surface area contributed by atoms with Crippen LogP contribution in [-0.2, 0) is 0 Å². The van der Waals surface area contributed by atoms with Crippen molar-refractivity contribution >= 4 is 38.9 Å². The first-order chi connectivity index (χ1) is 17.1. The number of anilines is 3. The average Bonchev–Trinajstić information content (AvgIpc) is 3.53. The van der Waals surface area contributed by atoms with Crippen LogP contribution in [0, 0.1) is 0 Å². The number of hydrogen-bond acceptors (Lipinski definition) is 10. The first kappa shape index (κ1) is 23.1. The Bertz CT molecular complexity index is 1300. The molecule has 0 amide bonds. The molecule has 0 atom stereocenters. The Morgan fingerprint density at radius 3 is 2.51 bits per heavy atom. The minimum atomic E-state index is 0.397. The van der Waals surface area contributed by atoms with Gasteiger partial charge in [0, 0.05) is 23.7 Å². The molecule has 1 fully saturated rings. The summed E-state index contributed by atoms with van der Waals surface area (Å²) in [7, 11) is 3.19. The molecule has 0 unspecified atom stereocenters. The minimum absolute atomic E-state index is 0.397. The van der Waals surface area contributed by atoms with Gasteiger partial charge in [0.05, 0.1) is 30.3 Å². The van der Waals surface area contributed by atoms with Crippen molar-refractivity contribution < 1.29 is 14.2 Å². The first-order valence-electron chi connectivity index (χ1n) is 11.5. The molecular formula is C25H28N6O3S. The number of nitrogens with zero attached hydrogens (tertiary/aromatic N) is 4. The van der Waals surface area contributed by atoms with Crippen LogP contribution in [0.5, 0.6) is 17.2 Å². The van der Waals surface area contributed by atoms with E-state index in [9.17, 15) is 0 Å². The van der Waals surface area contributed by atoms with Crippen LogP contribution in [0.2, 0.25) is 0 Å². The zero-order valence-electron chi connectivity index (χ0n) is 19.8. The summed E-state index contributed by atoms with van der Waals surface area (Å²) in [6, 6.07) is 11.5. The molecule has 0 saturated carbocycles. The number of benzene rings is 2. The topological polar surface area (TPSA) is 108 Å². The maximum Gasteiger partial charge on any atom is 0.189 e. The second-order valence-corrected chi connectivity index (χ2v) is 9.23. The van der Waals surface area contributed by atoms with E-state index in [-0.39, 0.29) is 0 Å². The normalized spacial score (nSPS) is 13.8. The van der Waals surface area contributed by atoms with Crippen LogP contribution in [-0.4, -0.2) is 60.3 Å². The monoisotopic (exact) mass is 492 g/mol. The summed E-state index contributed by atoms with van der Waals surface area (Å²) >= 11 is 1.43. The first-order valence-corrected chi connectivity index (χ1v) is 12.3. The molecule has 3 heterocycles. The predicted molar refractivity (Wildman–Crippen MR) is 139 cm³/mol. The van der Waals surface area contributed by atoms with Gasteiger partial charge in [-0.2, -0.15) is 0 Å². The van der Waals surface area contributed by atoms with Gasteiger partial charge >= 0.3 is 0 Å². The SMILES string of the molecule is COc1cc2ncnc(-c3sc(Nc4ccc(OCCN5CCCC5)cc4)nc3N)c2cc1OC. The molecule has 35 heavy (non-hydrogen) atoms. The van der Waals surface area contributed by atoms with E-state index < -0.39 is 0 Å². The third-order valence-electron chi connectivity index (χ3n) is 5.99. The number of fused-ring (bicyclic) bond motifs is 1. The molecule has 2 aromatic carbocycles. The van der Waals surface area contributed by atoms with E-state index in [1.54, 1.807) is 14.2 Å². The summed E-state index contributed by atoms with van der Waals surface area (Å²) in [5, 5.41) is 4.81. The van der Waals surface area contributed by atoms with Crippen molar-refractivity contribution in [2.24, 2.45) is 0 Å². The van der Waals surface area contributed by atoms with E-state index >= 15 is 0 Å². The fourth-order valence-corrected chi connectivity index (χ4v) is 5.09. The number of nitrogens with one attached hydrogen (secondary N) is 1. The Morgan fingerprint density at radius 1 is 1.03 bits per heavy atom. The van der Waals surface area contributed by atoms with E-state index in [4.69, 9.17) is 19.9 Å². The maximum atomic E-state index is 6.29. The van der Waals surface area contributed by atoms with Gasteiger partial charge in [0.2, 0.25) is 0 Å². The fourth-order valence-electron chi connectivity index (χ4n) is 4.18. The number of ether oxygens (including phenoxy) is 3. The second kappa shape index (κ2) is 10.3. The highest BCUT2D eigenvalue weighted by atomic mass is 32.1. The maximum absolute atomic E-state index is 6.29. The molecular weight excluding hydrogens is 464 g/mol. The van der Waals surface area contributed by atoms with Gasteiger partial charge in [-0.05, 0) is 56.3 Å². The summed E-state index contributed by atoms with van der Waals surface area (Å²) in [6.45, 7) is 4.02. The van der Waals surface area contributed by atoms with Crippen LogP contribution >= 0.6 is 11.3 Å². The Morgan fingerprint density at radius 2 is 1.77 bits per heavy atom. The van der Waals surface area contributed by atoms with Gasteiger partial charge < -0.3 is 25.3 Å². The molecule has 4 aromatic rings. The number of nitrogen functional groups attached to an aromatic ring is 1. The standard InChI is InChI=1S/C25H28N6O3S/c1-32-20-13-18-19(14-21(20)33-2)27-15-28-22(18)23-24(26)30-25(35-23)29-16-5-7-17(8-6-16)34-12-11-31-9-3-4-10-31/h5-8,13-15H,3-4,9-12,26H2,1-2H3,(H,29,30). The van der Waals surface area contributed by atoms with Crippen LogP contribution in [0.4, 0.5) is 16.6 Å². The van der Waals surface area contributed by atoms with Crippen molar-refractivity contribution in [2.75, 3.05) is 51.5 Å². The smallest absolute Gasteiger partial charge is 0.189 e. The second-order valence-electron chi connectivity index (χ2n) is 8.23. The average molecular weight is 493 g/mol. The lowest BCUT2D eigenvalue weighted by atomic mass is 10.1. The van der Waals surface area contributed by atoms with Crippen LogP contribution in [0.15, 0.2) is 42.7 Å². The van der Waals surface area contributed by atoms with Gasteiger partial charge in [-0.1, -0.05) is 11.3 Å². The van der Waals surface area contributed by atoms with E-state index in [1.165, 1.54) is 43.6 Å². The third kappa shape index (κ3) is 5.08. The van der Waals surface area contributed by atoms with E-state index in [1.807, 2.05) is 36.4 Å². The molecule has 9 nitrogen and oxygen atoms in total. The van der Waals surface area contributed by atoms with Crippen molar-refractivity contribution in [2.45, 2.75) is 12.8 Å². The van der Waals surface area contributed by atoms with Gasteiger partial charge in [-0.3, -0.25) is 4.90 Å². The molecule has 0 aliphatic carbocycles. The number of likely N-dealkylation sites (tertiary alicyclic amines) is 1. The number of methoxy groups -OCH3 is 2. The zero-order chi connectivity index (χ0) is 24.2. The third-order valence-corrected chi connectivity index (χ3v) is 6.98. The molecule has 10 heteroatoms. The van der Waals surface area contributed by atoms with Crippen LogP contribution in [0.1, 0.15) is 12.8 Å². The summed E-state index contributed by atoms with van der Waals surface area (Å²) in [5.74, 6) is 2.45. The lowest BCUT2D eigenvalue weighted by Gasteiger charge is -2.15. The summed E-state index contributed by atoms with van der Waals surface area (Å²) in [5.41, 5.74) is 8.62. The number of aromatic nitrogens is 3. The van der Waals surface area contributed by atoms with E-state index in [0.29, 0.717) is 34.7 Å². The van der Waals surface area contributed by atoms with Crippen molar-refractivity contribution in [3.05, 3.63) is 42.7 Å². The van der Waals surface area contributed by atoms with Crippen LogP contribution in [0.3, 0.4) is 0 Å². The Labute approximate surface area is 207 Å². The van der Waals surface area contributed by atoms with E-state index in [0.717, 1.165) is 33.8 Å². The van der Waals surface area contributed by atoms with Crippen molar-refractivity contribution in [1.29, 1.82) is 0 Å². The molecule has 1 aliphatic rings. The van der Waals surface area contributed by atoms with Crippen LogP contribution in [0.25, 0.3) is 21.5 Å². The summed E-state index contributed by atoms with van der Waals surface area (Å²) < 4.78 is 16.8. The minimum Gasteiger partial charge on any atom is -0.493 e. The summed E-state index contributed by atoms with van der Waals surface area (Å²) in [4.78, 5) is 16.6. The van der Waals surface area contributed by atoms with Crippen molar-refractivity contribution in [1.82, 2.24) is 19.9 Å². The molecule has 0 bridgehead atoms. The Hall–Kier alpha value is -3.63. The van der Waals surface area contributed by atoms with Crippen molar-refractivity contribution in [3.8, 4) is 27.8 Å². The molecule has 5 rings (SSSR count). The highest BCUT2D eigenvalue weighted by molar-refractivity contribution is 7.19. The molecule has 0 radical (unpaired) electrons. The van der Waals surface area contributed by atoms with Gasteiger partial charge in [-0.15, -0.1) is 0 Å². The zero-order valence-corrected chi connectivity index (χ0v) is 20.6. The van der Waals surface area contributed by atoms with Gasteiger partial charge in [0.1, 0.15) is 24.5 Å². The number of nitrogens with two attached hydrogens (primary N) is 1. The molecule has 3 N–H and O–H groups in total. The molecule has 0 spiro atoms. The van der Waals surface area contributed by atoms with E-state index in [2.05, 4.69) is 25.2 Å². The van der Waals surface area contributed by atoms with Gasteiger partial charge in [0.25, 0.3) is 0 Å². The molecule has 1 saturated heterocycles.